The Morgan fingerprint density at radius 3 is 2.33 bits per heavy atom. The summed E-state index contributed by atoms with van der Waals surface area (Å²) in [4.78, 5) is 4.44. The van der Waals surface area contributed by atoms with Crippen molar-refractivity contribution in [2.75, 3.05) is 19.8 Å². The van der Waals surface area contributed by atoms with Gasteiger partial charge in [-0.15, -0.1) is 0 Å². The first-order chi connectivity index (χ1) is 15.5. The van der Waals surface area contributed by atoms with E-state index >= 15 is 0 Å². The molecule has 0 atom stereocenters. The molecule has 33 heavy (non-hydrogen) atoms. The third-order valence-electron chi connectivity index (χ3n) is 6.46. The fourth-order valence-electron chi connectivity index (χ4n) is 4.39. The maximum absolute atomic E-state index is 13.4. The third-order valence-corrected chi connectivity index (χ3v) is 9.86. The molecule has 182 valence electrons. The van der Waals surface area contributed by atoms with Crippen molar-refractivity contribution in [1.82, 2.24) is 9.55 Å². The molecule has 2 aliphatic rings. The largest absolute Gasteiger partial charge is 0.384 e. The Morgan fingerprint density at radius 1 is 1.09 bits per heavy atom. The van der Waals surface area contributed by atoms with Crippen LogP contribution in [0.25, 0.3) is 0 Å². The minimum atomic E-state index is -3.88. The number of aromatic nitrogens is 2. The van der Waals surface area contributed by atoms with Gasteiger partial charge in [0.25, 0.3) is 0 Å². The van der Waals surface area contributed by atoms with E-state index in [1.165, 1.54) is 10.8 Å². The monoisotopic (exact) mass is 494 g/mol. The Labute approximate surface area is 196 Å². The molecule has 1 aliphatic carbocycles. The van der Waals surface area contributed by atoms with E-state index in [-0.39, 0.29) is 16.8 Å². The van der Waals surface area contributed by atoms with Crippen LogP contribution < -0.4 is 0 Å². The van der Waals surface area contributed by atoms with Gasteiger partial charge in [-0.25, -0.2) is 13.4 Å². The molecule has 0 amide bonds. The van der Waals surface area contributed by atoms with Crippen LogP contribution in [0.3, 0.4) is 0 Å². The molecule has 1 aromatic heterocycles. The zero-order chi connectivity index (χ0) is 23.7. The quantitative estimate of drug-likeness (QED) is 0.443. The fraction of sp³-hybridized carbons (Fsp3) is 0.609. The summed E-state index contributed by atoms with van der Waals surface area (Å²) >= 11 is 0. The van der Waals surface area contributed by atoms with E-state index in [0.29, 0.717) is 51.2 Å². The number of sulfone groups is 1. The van der Waals surface area contributed by atoms with Crippen molar-refractivity contribution in [3.63, 3.8) is 0 Å². The van der Waals surface area contributed by atoms with Gasteiger partial charge < -0.3 is 19.3 Å². The van der Waals surface area contributed by atoms with Crippen molar-refractivity contribution in [2.45, 2.75) is 79.5 Å². The number of hydrogen-bond donors (Lipinski definition) is 1. The second kappa shape index (κ2) is 9.24. The summed E-state index contributed by atoms with van der Waals surface area (Å²) in [7, 11) is -5.19. The van der Waals surface area contributed by atoms with Gasteiger partial charge in [0, 0.05) is 27.5 Å². The molecule has 1 aromatic carbocycles. The lowest BCUT2D eigenvalue weighted by molar-refractivity contribution is -0.205. The summed E-state index contributed by atoms with van der Waals surface area (Å²) in [5.41, 5.74) is -0.780. The molecule has 0 radical (unpaired) electrons. The van der Waals surface area contributed by atoms with Crippen LogP contribution in [-0.4, -0.2) is 56.8 Å². The van der Waals surface area contributed by atoms with E-state index in [1.54, 1.807) is 30.3 Å². The topological polar surface area (TPSA) is 99.9 Å². The Bertz CT molecular complexity index is 1050. The molecule has 1 spiro atoms. The first kappa shape index (κ1) is 24.6. The lowest BCUT2D eigenvalue weighted by Crippen LogP contribution is -2.43. The molecule has 2 fully saturated rings. The number of aliphatic hydroxyl groups is 1. The van der Waals surface area contributed by atoms with E-state index in [2.05, 4.69) is 24.6 Å². The van der Waals surface area contributed by atoms with E-state index in [1.807, 2.05) is 0 Å². The molecule has 0 unspecified atom stereocenters. The molecule has 1 saturated carbocycles. The summed E-state index contributed by atoms with van der Waals surface area (Å²) in [5.74, 6) is -0.635. The van der Waals surface area contributed by atoms with Crippen LogP contribution in [0.1, 0.15) is 31.4 Å². The Hall–Kier alpha value is -1.56. The summed E-state index contributed by atoms with van der Waals surface area (Å²) in [6.07, 6.45) is 3.32. The summed E-state index contributed by atoms with van der Waals surface area (Å²) in [6.45, 7) is 8.44. The highest BCUT2D eigenvalue weighted by molar-refractivity contribution is 7.91. The second-order valence-electron chi connectivity index (χ2n) is 10.2. The van der Waals surface area contributed by atoms with Crippen molar-refractivity contribution in [3.05, 3.63) is 42.2 Å². The minimum Gasteiger partial charge on any atom is -0.384 e. The summed E-state index contributed by atoms with van der Waals surface area (Å²) in [6, 6.07) is 9.19. The van der Waals surface area contributed by atoms with Crippen LogP contribution in [0.15, 0.2) is 46.6 Å². The predicted molar refractivity (Wildman–Crippen MR) is 125 cm³/mol. The van der Waals surface area contributed by atoms with Crippen LogP contribution in [0.4, 0.5) is 0 Å². The molecule has 8 nitrogen and oxygen atoms in total. The number of benzene rings is 1. The Kier molecular flexibility index (Phi) is 6.87. The van der Waals surface area contributed by atoms with Crippen molar-refractivity contribution in [3.8, 4) is 0 Å². The van der Waals surface area contributed by atoms with Crippen LogP contribution >= 0.6 is 0 Å². The lowest BCUT2D eigenvalue weighted by atomic mass is 9.79. The molecule has 1 aliphatic heterocycles. The molecule has 0 bridgehead atoms. The molecule has 1 N–H and O–H groups in total. The second-order valence-corrected chi connectivity index (χ2v) is 17.6. The van der Waals surface area contributed by atoms with Crippen LogP contribution in [-0.2, 0) is 36.4 Å². The summed E-state index contributed by atoms with van der Waals surface area (Å²) < 4.78 is 45.8. The number of imidazole rings is 1. The smallest absolute Gasteiger partial charge is 0.240 e. The van der Waals surface area contributed by atoms with Gasteiger partial charge >= 0.3 is 0 Å². The zero-order valence-electron chi connectivity index (χ0n) is 19.6. The number of rotatable bonds is 8. The van der Waals surface area contributed by atoms with Gasteiger partial charge in [0.1, 0.15) is 12.3 Å². The highest BCUT2D eigenvalue weighted by Gasteiger charge is 2.48. The molecular formula is C23H34N2O6SSi. The maximum atomic E-state index is 13.4. The van der Waals surface area contributed by atoms with Crippen LogP contribution in [0.5, 0.6) is 0 Å². The van der Waals surface area contributed by atoms with Gasteiger partial charge in [0.15, 0.2) is 5.79 Å². The number of ether oxygens (including phenoxy) is 3. The molecular weight excluding hydrogens is 460 g/mol. The van der Waals surface area contributed by atoms with Gasteiger partial charge in [-0.1, -0.05) is 37.8 Å². The standard InChI is InChI=1S/C23H34N2O6SSi/c1-33(2,3)16-15-29-18-25-20(22(26)9-11-23(12-10-22)30-13-14-31-23)17-24-21(25)32(27,28)19-7-5-4-6-8-19/h4-8,17,26H,9-16,18H2,1-3H3. The number of hydrogen-bond acceptors (Lipinski definition) is 7. The Balaban J connectivity index is 1.64. The molecule has 2 aromatic rings. The van der Waals surface area contributed by atoms with Crippen molar-refractivity contribution in [2.24, 2.45) is 0 Å². The maximum Gasteiger partial charge on any atom is 0.240 e. The molecule has 1 saturated heterocycles. The molecule has 10 heteroatoms. The lowest BCUT2D eigenvalue weighted by Gasteiger charge is -2.40. The van der Waals surface area contributed by atoms with Gasteiger partial charge in [0.2, 0.25) is 15.0 Å². The normalized spacial score (nSPS) is 20.4. The SMILES string of the molecule is C[Si](C)(C)CCOCn1c(C2(O)CCC3(CC2)OCCO3)cnc1S(=O)(=O)c1ccccc1. The average Bonchev–Trinajstić information content (AvgIpc) is 3.42. The van der Waals surface area contributed by atoms with Gasteiger partial charge in [0.05, 0.1) is 30.0 Å². The fourth-order valence-corrected chi connectivity index (χ4v) is 6.51. The van der Waals surface area contributed by atoms with E-state index in [9.17, 15) is 13.5 Å². The van der Waals surface area contributed by atoms with Crippen LogP contribution in [0, 0.1) is 0 Å². The first-order valence-corrected chi connectivity index (χ1v) is 16.7. The van der Waals surface area contributed by atoms with Crippen molar-refractivity contribution >= 4 is 17.9 Å². The van der Waals surface area contributed by atoms with Gasteiger partial charge in [-0.3, -0.25) is 4.57 Å². The van der Waals surface area contributed by atoms with Crippen molar-refractivity contribution < 1.29 is 27.7 Å². The summed E-state index contributed by atoms with van der Waals surface area (Å²) in [5, 5.41) is 11.5. The zero-order valence-corrected chi connectivity index (χ0v) is 21.4. The highest BCUT2D eigenvalue weighted by Crippen LogP contribution is 2.45. The Morgan fingerprint density at radius 2 is 1.73 bits per heavy atom. The molecule has 4 rings (SSSR count). The minimum absolute atomic E-state index is 0.0155. The van der Waals surface area contributed by atoms with E-state index < -0.39 is 29.3 Å². The van der Waals surface area contributed by atoms with E-state index in [0.717, 1.165) is 6.04 Å². The van der Waals surface area contributed by atoms with E-state index in [4.69, 9.17) is 14.2 Å². The van der Waals surface area contributed by atoms with Crippen molar-refractivity contribution in [1.29, 1.82) is 0 Å². The van der Waals surface area contributed by atoms with Gasteiger partial charge in [-0.2, -0.15) is 0 Å². The average molecular weight is 495 g/mol. The van der Waals surface area contributed by atoms with Gasteiger partial charge in [-0.05, 0) is 31.0 Å². The van der Waals surface area contributed by atoms with Crippen LogP contribution in [0.2, 0.25) is 25.7 Å². The predicted octanol–water partition coefficient (Wildman–Crippen LogP) is 3.53. The third kappa shape index (κ3) is 5.26. The first-order valence-electron chi connectivity index (χ1n) is 11.5. The number of nitrogens with zero attached hydrogens (tertiary/aromatic N) is 2. The molecule has 2 heterocycles. The highest BCUT2D eigenvalue weighted by atomic mass is 32.2.